The minimum absolute atomic E-state index is 0.0883. The Morgan fingerprint density at radius 2 is 2.05 bits per heavy atom. The molecule has 0 radical (unpaired) electrons. The minimum Gasteiger partial charge on any atom is -0.370 e. The summed E-state index contributed by atoms with van der Waals surface area (Å²) in [7, 11) is -1.21. The number of halogens is 1. The van der Waals surface area contributed by atoms with Crippen molar-refractivity contribution >= 4 is 26.4 Å². The number of nitrogens with zero attached hydrogens (tertiary/aromatic N) is 2. The molecule has 2 aromatic rings. The maximum Gasteiger partial charge on any atom is 0.152 e. The van der Waals surface area contributed by atoms with E-state index in [2.05, 4.69) is 4.98 Å². The predicted molar refractivity (Wildman–Crippen MR) is 83.9 cm³/mol. The van der Waals surface area contributed by atoms with Crippen molar-refractivity contribution < 1.29 is 12.8 Å². The van der Waals surface area contributed by atoms with Gasteiger partial charge in [-0.05, 0) is 25.1 Å². The van der Waals surface area contributed by atoms with Crippen LogP contribution in [0.15, 0.2) is 30.5 Å². The number of hydrogen-bond acceptors (Lipinski definition) is 4. The fourth-order valence-corrected chi connectivity index (χ4v) is 3.44. The summed E-state index contributed by atoms with van der Waals surface area (Å²) in [6, 6.07) is 6.07. The molecule has 114 valence electrons. The van der Waals surface area contributed by atoms with Crippen molar-refractivity contribution in [2.75, 3.05) is 23.5 Å². The largest absolute Gasteiger partial charge is 0.370 e. The molecule has 2 rings (SSSR count). The Kier molecular flexibility index (Phi) is 4.46. The molecule has 21 heavy (non-hydrogen) atoms. The van der Waals surface area contributed by atoms with Crippen molar-refractivity contribution in [3.8, 4) is 0 Å². The molecule has 0 fully saturated rings. The van der Waals surface area contributed by atoms with Gasteiger partial charge in [0.1, 0.15) is 5.82 Å². The first-order chi connectivity index (χ1) is 9.84. The molecule has 6 heteroatoms. The van der Waals surface area contributed by atoms with Gasteiger partial charge < -0.3 is 4.90 Å². The highest BCUT2D eigenvalue weighted by atomic mass is 32.2. The summed E-state index contributed by atoms with van der Waals surface area (Å²) in [5.41, 5.74) is 1.41. The van der Waals surface area contributed by atoms with Crippen LogP contribution >= 0.6 is 0 Å². The molecular weight excluding hydrogens is 291 g/mol. The van der Waals surface area contributed by atoms with Crippen LogP contribution in [-0.2, 0) is 9.84 Å². The van der Waals surface area contributed by atoms with E-state index in [1.807, 2.05) is 24.9 Å². The maximum atomic E-state index is 13.3. The number of anilines is 1. The minimum atomic E-state index is -3.05. The Bertz CT molecular complexity index is 746. The van der Waals surface area contributed by atoms with Crippen molar-refractivity contribution in [2.24, 2.45) is 0 Å². The van der Waals surface area contributed by atoms with E-state index < -0.39 is 9.84 Å². The van der Waals surface area contributed by atoms with Crippen molar-refractivity contribution in [1.29, 1.82) is 0 Å². The second-order valence-electron chi connectivity index (χ2n) is 5.15. The topological polar surface area (TPSA) is 50.3 Å². The van der Waals surface area contributed by atoms with E-state index in [1.165, 1.54) is 12.1 Å². The number of sulfone groups is 1. The van der Waals surface area contributed by atoms with E-state index in [-0.39, 0.29) is 23.4 Å². The van der Waals surface area contributed by atoms with Crippen molar-refractivity contribution in [2.45, 2.75) is 19.9 Å². The van der Waals surface area contributed by atoms with Crippen LogP contribution in [0.25, 0.3) is 10.9 Å². The first kappa shape index (κ1) is 15.7. The highest BCUT2D eigenvalue weighted by Crippen LogP contribution is 2.26. The molecule has 0 aliphatic heterocycles. The summed E-state index contributed by atoms with van der Waals surface area (Å²) in [6.07, 6.45) is 1.61. The van der Waals surface area contributed by atoms with E-state index in [1.54, 1.807) is 19.2 Å². The van der Waals surface area contributed by atoms with Gasteiger partial charge in [0.15, 0.2) is 9.84 Å². The lowest BCUT2D eigenvalue weighted by molar-refractivity contribution is 0.588. The van der Waals surface area contributed by atoms with Crippen LogP contribution in [0.1, 0.15) is 13.8 Å². The molecule has 0 N–H and O–H groups in total. The summed E-state index contributed by atoms with van der Waals surface area (Å²) in [5, 5.41) is 0.808. The van der Waals surface area contributed by atoms with Crippen LogP contribution in [0.2, 0.25) is 0 Å². The van der Waals surface area contributed by atoms with Gasteiger partial charge in [0.2, 0.25) is 0 Å². The lowest BCUT2D eigenvalue weighted by Gasteiger charge is -2.27. The van der Waals surface area contributed by atoms with E-state index in [0.717, 1.165) is 11.1 Å². The Hall–Kier alpha value is -1.69. The molecule has 1 atom stereocenters. The summed E-state index contributed by atoms with van der Waals surface area (Å²) in [4.78, 5) is 6.05. The number of hydrogen-bond donors (Lipinski definition) is 0. The van der Waals surface area contributed by atoms with Crippen molar-refractivity contribution in [3.05, 3.63) is 36.3 Å². The Labute approximate surface area is 124 Å². The highest BCUT2D eigenvalue weighted by molar-refractivity contribution is 7.91. The number of rotatable bonds is 5. The third-order valence-corrected chi connectivity index (χ3v) is 5.53. The van der Waals surface area contributed by atoms with Gasteiger partial charge in [0, 0.05) is 42.2 Å². The number of benzene rings is 1. The lowest BCUT2D eigenvalue weighted by atomic mass is 10.1. The summed E-state index contributed by atoms with van der Waals surface area (Å²) >= 11 is 0. The Morgan fingerprint density at radius 3 is 2.71 bits per heavy atom. The molecule has 0 saturated carbocycles. The van der Waals surface area contributed by atoms with E-state index in [9.17, 15) is 12.8 Å². The fourth-order valence-electron chi connectivity index (χ4n) is 2.25. The van der Waals surface area contributed by atoms with Crippen LogP contribution < -0.4 is 4.90 Å². The zero-order valence-corrected chi connectivity index (χ0v) is 13.2. The molecule has 0 spiro atoms. The van der Waals surface area contributed by atoms with Gasteiger partial charge in [0.25, 0.3) is 0 Å². The molecule has 0 bridgehead atoms. The van der Waals surface area contributed by atoms with Gasteiger partial charge >= 0.3 is 0 Å². The van der Waals surface area contributed by atoms with Gasteiger partial charge in [-0.25, -0.2) is 12.8 Å². The molecule has 1 aromatic heterocycles. The van der Waals surface area contributed by atoms with Crippen LogP contribution in [0.3, 0.4) is 0 Å². The molecule has 1 heterocycles. The zero-order valence-electron chi connectivity index (χ0n) is 12.4. The highest BCUT2D eigenvalue weighted by Gasteiger charge is 2.19. The first-order valence-corrected chi connectivity index (χ1v) is 8.63. The van der Waals surface area contributed by atoms with Crippen LogP contribution in [0.4, 0.5) is 10.1 Å². The second-order valence-corrected chi connectivity index (χ2v) is 7.55. The summed E-state index contributed by atoms with van der Waals surface area (Å²) in [6.45, 7) is 3.51. The van der Waals surface area contributed by atoms with Crippen LogP contribution in [0.5, 0.6) is 0 Å². The van der Waals surface area contributed by atoms with Gasteiger partial charge in [-0.2, -0.15) is 0 Å². The second kappa shape index (κ2) is 5.97. The quantitative estimate of drug-likeness (QED) is 0.852. The summed E-state index contributed by atoms with van der Waals surface area (Å²) < 4.78 is 36.8. The maximum absolute atomic E-state index is 13.3. The summed E-state index contributed by atoms with van der Waals surface area (Å²) in [5.74, 6) is -0.116. The number of aromatic nitrogens is 1. The fraction of sp³-hybridized carbons (Fsp3) is 0.400. The molecule has 4 nitrogen and oxygen atoms in total. The number of pyridine rings is 1. The monoisotopic (exact) mass is 310 g/mol. The third kappa shape index (κ3) is 3.50. The van der Waals surface area contributed by atoms with Gasteiger partial charge in [-0.3, -0.25) is 4.98 Å². The van der Waals surface area contributed by atoms with E-state index >= 15 is 0 Å². The average molecular weight is 310 g/mol. The molecule has 0 aliphatic rings. The van der Waals surface area contributed by atoms with Crippen molar-refractivity contribution in [3.63, 3.8) is 0 Å². The average Bonchev–Trinajstić information content (AvgIpc) is 2.45. The standard InChI is InChI=1S/C15H19FN2O2S/c1-4-21(19,20)10-11(2)18(3)15-7-8-17-14-9-12(16)5-6-13(14)15/h5-9,11H,4,10H2,1-3H3/t11-/m1/s1. The van der Waals surface area contributed by atoms with Gasteiger partial charge in [-0.1, -0.05) is 6.92 Å². The molecule has 0 aliphatic carbocycles. The van der Waals surface area contributed by atoms with Gasteiger partial charge in [-0.15, -0.1) is 0 Å². The van der Waals surface area contributed by atoms with Crippen LogP contribution in [-0.4, -0.2) is 38.0 Å². The predicted octanol–water partition coefficient (Wildman–Crippen LogP) is 2.63. The Morgan fingerprint density at radius 1 is 1.33 bits per heavy atom. The first-order valence-electron chi connectivity index (χ1n) is 6.81. The van der Waals surface area contributed by atoms with Crippen molar-refractivity contribution in [1.82, 2.24) is 4.98 Å². The van der Waals surface area contributed by atoms with Gasteiger partial charge in [0.05, 0.1) is 11.3 Å². The molecule has 0 amide bonds. The molecule has 0 unspecified atom stereocenters. The SMILES string of the molecule is CCS(=O)(=O)C[C@@H](C)N(C)c1ccnc2cc(F)ccc12. The van der Waals surface area contributed by atoms with E-state index in [0.29, 0.717) is 5.52 Å². The zero-order chi connectivity index (χ0) is 15.6. The normalized spacial score (nSPS) is 13.3. The molecule has 1 aromatic carbocycles. The Balaban J connectivity index is 2.37. The smallest absolute Gasteiger partial charge is 0.152 e. The lowest BCUT2D eigenvalue weighted by Crippen LogP contribution is -2.35. The molecule has 0 saturated heterocycles. The number of fused-ring (bicyclic) bond motifs is 1. The third-order valence-electron chi connectivity index (χ3n) is 3.66. The van der Waals surface area contributed by atoms with E-state index in [4.69, 9.17) is 0 Å². The van der Waals surface area contributed by atoms with Crippen LogP contribution in [0, 0.1) is 5.82 Å². The molecular formula is C15H19FN2O2S.